The minimum absolute atomic E-state index is 0.0352. The first kappa shape index (κ1) is 13.4. The molecule has 0 aliphatic heterocycles. The van der Waals surface area contributed by atoms with E-state index in [9.17, 15) is 14.9 Å². The fourth-order valence-electron chi connectivity index (χ4n) is 1.29. The first-order valence-electron chi connectivity index (χ1n) is 5.05. The Morgan fingerprint density at radius 1 is 1.53 bits per heavy atom. The van der Waals surface area contributed by atoms with E-state index in [4.69, 9.17) is 0 Å². The molecular formula is C12H13NO3S. The third-order valence-corrected chi connectivity index (χ3v) is 2.83. The number of nitro groups is 1. The average molecular weight is 251 g/mol. The third-order valence-electron chi connectivity index (χ3n) is 2.06. The maximum Gasteiger partial charge on any atom is 0.276 e. The lowest BCUT2D eigenvalue weighted by Gasteiger charge is -1.99. The number of nitro benzene ring substituents is 1. The second-order valence-corrected chi connectivity index (χ2v) is 4.72. The molecule has 0 fully saturated rings. The molecule has 0 aliphatic carbocycles. The van der Waals surface area contributed by atoms with Crippen LogP contribution >= 0.6 is 11.8 Å². The van der Waals surface area contributed by atoms with Gasteiger partial charge in [-0.3, -0.25) is 14.9 Å². The summed E-state index contributed by atoms with van der Waals surface area (Å²) < 4.78 is 0. The van der Waals surface area contributed by atoms with E-state index in [0.717, 1.165) is 5.56 Å². The fourth-order valence-corrected chi connectivity index (χ4v) is 1.72. The van der Waals surface area contributed by atoms with Crippen LogP contribution in [0, 0.1) is 17.0 Å². The Kier molecular flexibility index (Phi) is 4.90. The number of hydrogen-bond donors (Lipinski definition) is 0. The molecule has 5 heteroatoms. The van der Waals surface area contributed by atoms with Gasteiger partial charge in [0.25, 0.3) is 5.69 Å². The first-order valence-corrected chi connectivity index (χ1v) is 6.04. The first-order chi connectivity index (χ1) is 8.00. The Morgan fingerprint density at radius 3 is 2.82 bits per heavy atom. The summed E-state index contributed by atoms with van der Waals surface area (Å²) in [6, 6.07) is 5.07. The highest BCUT2D eigenvalue weighted by atomic mass is 32.2. The maximum absolute atomic E-state index is 10.8. The van der Waals surface area contributed by atoms with E-state index < -0.39 is 4.92 Å². The van der Waals surface area contributed by atoms with Crippen LogP contribution in [-0.4, -0.2) is 15.8 Å². The summed E-state index contributed by atoms with van der Waals surface area (Å²) in [4.78, 5) is 21.1. The van der Waals surface area contributed by atoms with Crippen molar-refractivity contribution in [3.8, 4) is 0 Å². The van der Waals surface area contributed by atoms with E-state index in [1.165, 1.54) is 24.8 Å². The molecule has 0 atom stereocenters. The summed E-state index contributed by atoms with van der Waals surface area (Å²) in [5.74, 6) is 0.528. The van der Waals surface area contributed by atoms with Crippen molar-refractivity contribution < 1.29 is 9.72 Å². The van der Waals surface area contributed by atoms with Crippen molar-refractivity contribution in [1.29, 1.82) is 0 Å². The van der Waals surface area contributed by atoms with Crippen molar-refractivity contribution in [3.63, 3.8) is 0 Å². The van der Waals surface area contributed by atoms with Gasteiger partial charge in [-0.05, 0) is 18.6 Å². The molecule has 0 radical (unpaired) electrons. The number of aryl methyl sites for hydroxylation is 1. The molecule has 0 unspecified atom stereocenters. The predicted octanol–water partition coefficient (Wildman–Crippen LogP) is 3.20. The van der Waals surface area contributed by atoms with Crippen LogP contribution in [0.2, 0.25) is 0 Å². The Hall–Kier alpha value is -1.62. The zero-order valence-corrected chi connectivity index (χ0v) is 10.5. The second-order valence-electron chi connectivity index (χ2n) is 3.52. The third kappa shape index (κ3) is 4.40. The van der Waals surface area contributed by atoms with Crippen LogP contribution in [0.15, 0.2) is 24.3 Å². The fraction of sp³-hybridized carbons (Fsp3) is 0.250. The van der Waals surface area contributed by atoms with Gasteiger partial charge in [-0.1, -0.05) is 30.0 Å². The van der Waals surface area contributed by atoms with Gasteiger partial charge in [-0.25, -0.2) is 0 Å². The average Bonchev–Trinajstić information content (AvgIpc) is 2.25. The molecule has 17 heavy (non-hydrogen) atoms. The zero-order chi connectivity index (χ0) is 12.8. The van der Waals surface area contributed by atoms with Crippen LogP contribution in [0.3, 0.4) is 0 Å². The number of carbonyl (C=O) groups excluding carboxylic acids is 1. The molecule has 1 aromatic rings. The normalized spacial score (nSPS) is 10.7. The van der Waals surface area contributed by atoms with Crippen molar-refractivity contribution >= 4 is 28.6 Å². The maximum atomic E-state index is 10.8. The van der Waals surface area contributed by atoms with Crippen molar-refractivity contribution in [1.82, 2.24) is 0 Å². The highest BCUT2D eigenvalue weighted by molar-refractivity contribution is 8.13. The van der Waals surface area contributed by atoms with Crippen LogP contribution in [0.4, 0.5) is 5.69 Å². The molecule has 0 aromatic heterocycles. The minimum atomic E-state index is -0.398. The molecule has 0 heterocycles. The van der Waals surface area contributed by atoms with Crippen LogP contribution in [-0.2, 0) is 4.79 Å². The van der Waals surface area contributed by atoms with Crippen LogP contribution in [0.5, 0.6) is 0 Å². The molecule has 1 rings (SSSR count). The molecule has 0 spiro atoms. The van der Waals surface area contributed by atoms with Gasteiger partial charge in [0.2, 0.25) is 0 Å². The van der Waals surface area contributed by atoms with Gasteiger partial charge in [-0.2, -0.15) is 0 Å². The summed E-state index contributed by atoms with van der Waals surface area (Å²) in [5.41, 5.74) is 1.51. The molecule has 0 saturated heterocycles. The second kappa shape index (κ2) is 6.20. The topological polar surface area (TPSA) is 60.2 Å². The Morgan fingerprint density at radius 2 is 2.24 bits per heavy atom. The highest BCUT2D eigenvalue weighted by Crippen LogP contribution is 2.21. The zero-order valence-electron chi connectivity index (χ0n) is 9.67. The molecular weight excluding hydrogens is 238 g/mol. The van der Waals surface area contributed by atoms with E-state index in [0.29, 0.717) is 11.3 Å². The molecule has 0 amide bonds. The van der Waals surface area contributed by atoms with E-state index in [1.807, 2.05) is 13.0 Å². The predicted molar refractivity (Wildman–Crippen MR) is 70.0 cm³/mol. The van der Waals surface area contributed by atoms with Crippen LogP contribution in [0.1, 0.15) is 18.1 Å². The van der Waals surface area contributed by atoms with Crippen LogP contribution in [0.25, 0.3) is 6.08 Å². The van der Waals surface area contributed by atoms with E-state index in [1.54, 1.807) is 18.2 Å². The molecule has 0 N–H and O–H groups in total. The minimum Gasteiger partial charge on any atom is -0.288 e. The molecule has 0 aliphatic rings. The van der Waals surface area contributed by atoms with E-state index >= 15 is 0 Å². The van der Waals surface area contributed by atoms with Crippen molar-refractivity contribution in [2.75, 3.05) is 5.75 Å². The Labute approximate surface area is 104 Å². The lowest BCUT2D eigenvalue weighted by Crippen LogP contribution is -1.92. The largest absolute Gasteiger partial charge is 0.288 e. The summed E-state index contributed by atoms with van der Waals surface area (Å²) in [6.45, 7) is 3.30. The molecule has 1 aromatic carbocycles. The van der Waals surface area contributed by atoms with Gasteiger partial charge in [0.1, 0.15) is 0 Å². The van der Waals surface area contributed by atoms with Crippen LogP contribution < -0.4 is 0 Å². The number of benzene rings is 1. The molecule has 0 saturated carbocycles. The van der Waals surface area contributed by atoms with E-state index in [-0.39, 0.29) is 10.8 Å². The van der Waals surface area contributed by atoms with Gasteiger partial charge in [0, 0.05) is 18.7 Å². The molecule has 90 valence electrons. The number of nitrogens with zero attached hydrogens (tertiary/aromatic N) is 1. The quantitative estimate of drug-likeness (QED) is 0.609. The summed E-state index contributed by atoms with van der Waals surface area (Å²) in [6.07, 6.45) is 3.43. The number of hydrogen-bond acceptors (Lipinski definition) is 4. The monoisotopic (exact) mass is 251 g/mol. The Balaban J connectivity index is 2.83. The van der Waals surface area contributed by atoms with E-state index in [2.05, 4.69) is 0 Å². The van der Waals surface area contributed by atoms with Gasteiger partial charge in [0.15, 0.2) is 5.12 Å². The van der Waals surface area contributed by atoms with Gasteiger partial charge in [-0.15, -0.1) is 0 Å². The summed E-state index contributed by atoms with van der Waals surface area (Å²) in [5, 5.41) is 10.9. The van der Waals surface area contributed by atoms with Crippen molar-refractivity contribution in [2.24, 2.45) is 0 Å². The lowest BCUT2D eigenvalue weighted by atomic mass is 10.1. The SMILES string of the molecule is CC(=O)SCC=Cc1ccc(C)cc1[N+](=O)[O-]. The summed E-state index contributed by atoms with van der Waals surface area (Å²) >= 11 is 1.17. The van der Waals surface area contributed by atoms with Gasteiger partial charge >= 0.3 is 0 Å². The lowest BCUT2D eigenvalue weighted by molar-refractivity contribution is -0.385. The summed E-state index contributed by atoms with van der Waals surface area (Å²) in [7, 11) is 0. The Bertz CT molecular complexity index is 469. The van der Waals surface area contributed by atoms with Gasteiger partial charge < -0.3 is 0 Å². The van der Waals surface area contributed by atoms with Gasteiger partial charge in [0.05, 0.1) is 10.5 Å². The molecule has 0 bridgehead atoms. The highest BCUT2D eigenvalue weighted by Gasteiger charge is 2.10. The molecule has 4 nitrogen and oxygen atoms in total. The van der Waals surface area contributed by atoms with Crippen molar-refractivity contribution in [3.05, 3.63) is 45.5 Å². The number of rotatable bonds is 4. The number of thioether (sulfide) groups is 1. The standard InChI is InChI=1S/C12H13NO3S/c1-9-5-6-11(12(8-9)13(15)16)4-3-7-17-10(2)14/h3-6,8H,7H2,1-2H3. The van der Waals surface area contributed by atoms with Crippen molar-refractivity contribution in [2.45, 2.75) is 13.8 Å². The number of carbonyl (C=O) groups is 1. The smallest absolute Gasteiger partial charge is 0.276 e.